The molecule has 4 fully saturated rings. The van der Waals surface area contributed by atoms with Gasteiger partial charge in [0.1, 0.15) is 0 Å². The predicted octanol–water partition coefficient (Wildman–Crippen LogP) is 4.13. The topological polar surface area (TPSA) is 74.8 Å². The SMILES string of the molecule is C=CC/C=C/C1CC(C)C2C(=O)N(C(C)(C)CC(C)(C)N3C(=O)C4C5C=CC(C5)C4C3=O)C(=O)C12. The van der Waals surface area contributed by atoms with E-state index in [4.69, 9.17) is 0 Å². The molecular weight excluding hydrogens is 440 g/mol. The van der Waals surface area contributed by atoms with Crippen LogP contribution in [0.15, 0.2) is 37.0 Å². The third-order valence-electron chi connectivity index (χ3n) is 9.35. The summed E-state index contributed by atoms with van der Waals surface area (Å²) in [6.07, 6.45) is 12.9. The van der Waals surface area contributed by atoms with Gasteiger partial charge in [-0.3, -0.25) is 29.0 Å². The van der Waals surface area contributed by atoms with Crippen molar-refractivity contribution < 1.29 is 19.2 Å². The lowest BCUT2D eigenvalue weighted by molar-refractivity contribution is -0.151. The van der Waals surface area contributed by atoms with Crippen molar-refractivity contribution >= 4 is 23.6 Å². The highest BCUT2D eigenvalue weighted by Crippen LogP contribution is 2.55. The Balaban J connectivity index is 1.37. The maximum absolute atomic E-state index is 13.7. The molecule has 2 saturated carbocycles. The summed E-state index contributed by atoms with van der Waals surface area (Å²) in [5.41, 5.74) is -1.64. The zero-order valence-electron chi connectivity index (χ0n) is 21.6. The fraction of sp³-hybridized carbons (Fsp3) is 0.655. The zero-order chi connectivity index (χ0) is 25.4. The van der Waals surface area contributed by atoms with Crippen LogP contribution in [-0.2, 0) is 19.2 Å². The van der Waals surface area contributed by atoms with Crippen molar-refractivity contribution in [2.75, 3.05) is 0 Å². The fourth-order valence-electron chi connectivity index (χ4n) is 8.34. The Kier molecular flexibility index (Phi) is 5.54. The van der Waals surface area contributed by atoms with Gasteiger partial charge in [0.05, 0.1) is 23.7 Å². The van der Waals surface area contributed by atoms with Crippen molar-refractivity contribution in [1.82, 2.24) is 9.80 Å². The van der Waals surface area contributed by atoms with Crippen molar-refractivity contribution in [3.8, 4) is 0 Å². The largest absolute Gasteiger partial charge is 0.276 e. The van der Waals surface area contributed by atoms with Crippen molar-refractivity contribution in [1.29, 1.82) is 0 Å². The number of amides is 4. The second kappa shape index (κ2) is 8.01. The van der Waals surface area contributed by atoms with Gasteiger partial charge in [0, 0.05) is 11.1 Å². The summed E-state index contributed by atoms with van der Waals surface area (Å²) >= 11 is 0. The summed E-state index contributed by atoms with van der Waals surface area (Å²) in [5, 5.41) is 0. The molecule has 0 aromatic rings. The highest BCUT2D eigenvalue weighted by Gasteiger charge is 2.64. The number of fused-ring (bicyclic) bond motifs is 6. The second-order valence-corrected chi connectivity index (χ2v) is 12.7. The minimum atomic E-state index is -0.827. The summed E-state index contributed by atoms with van der Waals surface area (Å²) in [5.74, 6) is -1.05. The molecule has 2 saturated heterocycles. The molecule has 0 aromatic heterocycles. The summed E-state index contributed by atoms with van der Waals surface area (Å²) in [4.78, 5) is 57.2. The van der Waals surface area contributed by atoms with E-state index < -0.39 is 11.1 Å². The van der Waals surface area contributed by atoms with E-state index in [2.05, 4.69) is 31.7 Å². The zero-order valence-corrected chi connectivity index (χ0v) is 21.6. The maximum Gasteiger partial charge on any atom is 0.234 e. The predicted molar refractivity (Wildman–Crippen MR) is 132 cm³/mol. The number of hydrogen-bond donors (Lipinski definition) is 0. The van der Waals surface area contributed by atoms with Gasteiger partial charge in [0.2, 0.25) is 23.6 Å². The number of carbonyl (C=O) groups is 4. The van der Waals surface area contributed by atoms with E-state index in [0.29, 0.717) is 6.42 Å². The Bertz CT molecular complexity index is 1020. The van der Waals surface area contributed by atoms with E-state index in [1.807, 2.05) is 39.8 Å². The first-order chi connectivity index (χ1) is 16.4. The molecule has 5 aliphatic rings. The molecule has 2 bridgehead atoms. The van der Waals surface area contributed by atoms with E-state index >= 15 is 0 Å². The van der Waals surface area contributed by atoms with Gasteiger partial charge >= 0.3 is 0 Å². The first-order valence-corrected chi connectivity index (χ1v) is 13.1. The number of carbonyl (C=O) groups excluding carboxylic acids is 4. The van der Waals surface area contributed by atoms with Crippen LogP contribution in [0, 0.1) is 47.3 Å². The molecule has 4 amide bonds. The molecule has 3 aliphatic carbocycles. The summed E-state index contributed by atoms with van der Waals surface area (Å²) in [6.45, 7) is 13.4. The standard InChI is InChI=1S/C29H38N2O4/c1-7-8-9-10-17-13-16(2)20-21(17)25(33)30(24(20)32)28(3,4)15-29(5,6)31-26(34)22-18-11-12-19(14-18)23(22)27(31)35/h7,9-12,16-23H,1,8,13-15H2,2-6H3/b10-9+. The molecule has 0 spiro atoms. The first-order valence-electron chi connectivity index (χ1n) is 13.1. The third kappa shape index (κ3) is 3.42. The van der Waals surface area contributed by atoms with Gasteiger partial charge in [0.25, 0.3) is 0 Å². The molecule has 2 aliphatic heterocycles. The molecular formula is C29H38N2O4. The number of allylic oxidation sites excluding steroid dienone is 5. The fourth-order valence-corrected chi connectivity index (χ4v) is 8.34. The number of hydrogen-bond acceptors (Lipinski definition) is 4. The number of likely N-dealkylation sites (tertiary alicyclic amines) is 2. The Morgan fingerprint density at radius 2 is 1.31 bits per heavy atom. The quantitative estimate of drug-likeness (QED) is 0.407. The average molecular weight is 479 g/mol. The van der Waals surface area contributed by atoms with Crippen LogP contribution in [0.1, 0.15) is 60.3 Å². The number of rotatable bonds is 7. The van der Waals surface area contributed by atoms with E-state index in [9.17, 15) is 19.2 Å². The lowest BCUT2D eigenvalue weighted by atomic mass is 9.83. The van der Waals surface area contributed by atoms with E-state index in [0.717, 1.165) is 19.3 Å². The van der Waals surface area contributed by atoms with Crippen LogP contribution in [0.2, 0.25) is 0 Å². The Hall–Kier alpha value is -2.50. The molecule has 188 valence electrons. The molecule has 6 heteroatoms. The lowest BCUT2D eigenvalue weighted by Gasteiger charge is -2.44. The Labute approximate surface area is 208 Å². The first kappa shape index (κ1) is 24.2. The summed E-state index contributed by atoms with van der Waals surface area (Å²) < 4.78 is 0. The average Bonchev–Trinajstić information content (AvgIpc) is 3.52. The molecule has 35 heavy (non-hydrogen) atoms. The number of imide groups is 2. The van der Waals surface area contributed by atoms with Crippen molar-refractivity contribution in [2.24, 2.45) is 47.3 Å². The molecule has 0 radical (unpaired) electrons. The highest BCUT2D eigenvalue weighted by molar-refractivity contribution is 6.08. The lowest BCUT2D eigenvalue weighted by Crippen LogP contribution is -2.57. The van der Waals surface area contributed by atoms with E-state index in [1.165, 1.54) is 9.80 Å². The molecule has 0 N–H and O–H groups in total. The summed E-state index contributed by atoms with van der Waals surface area (Å²) in [6, 6.07) is 0. The van der Waals surface area contributed by atoms with E-state index in [1.54, 1.807) is 0 Å². The van der Waals surface area contributed by atoms with Crippen LogP contribution in [0.25, 0.3) is 0 Å². The van der Waals surface area contributed by atoms with Crippen molar-refractivity contribution in [3.63, 3.8) is 0 Å². The third-order valence-corrected chi connectivity index (χ3v) is 9.35. The molecule has 2 heterocycles. The van der Waals surface area contributed by atoms with Gasteiger partial charge in [-0.1, -0.05) is 37.3 Å². The minimum Gasteiger partial charge on any atom is -0.276 e. The van der Waals surface area contributed by atoms with Gasteiger partial charge in [-0.2, -0.15) is 0 Å². The van der Waals surface area contributed by atoms with Crippen LogP contribution >= 0.6 is 0 Å². The molecule has 8 unspecified atom stereocenters. The molecule has 0 aromatic carbocycles. The minimum absolute atomic E-state index is 0.0456. The highest BCUT2D eigenvalue weighted by atomic mass is 16.2. The van der Waals surface area contributed by atoms with Crippen LogP contribution in [0.5, 0.6) is 0 Å². The monoisotopic (exact) mass is 478 g/mol. The van der Waals surface area contributed by atoms with Gasteiger partial charge in [-0.15, -0.1) is 6.58 Å². The van der Waals surface area contributed by atoms with Gasteiger partial charge in [-0.05, 0) is 77.0 Å². The summed E-state index contributed by atoms with van der Waals surface area (Å²) in [7, 11) is 0. The molecule has 6 nitrogen and oxygen atoms in total. The van der Waals surface area contributed by atoms with Crippen LogP contribution in [-0.4, -0.2) is 44.5 Å². The van der Waals surface area contributed by atoms with Crippen LogP contribution in [0.4, 0.5) is 0 Å². The van der Waals surface area contributed by atoms with Gasteiger partial charge in [0.15, 0.2) is 0 Å². The number of nitrogens with zero attached hydrogens (tertiary/aromatic N) is 2. The van der Waals surface area contributed by atoms with Crippen LogP contribution < -0.4 is 0 Å². The van der Waals surface area contributed by atoms with Gasteiger partial charge < -0.3 is 0 Å². The smallest absolute Gasteiger partial charge is 0.234 e. The van der Waals surface area contributed by atoms with Crippen LogP contribution in [0.3, 0.4) is 0 Å². The van der Waals surface area contributed by atoms with E-state index in [-0.39, 0.29) is 71.0 Å². The Morgan fingerprint density at radius 3 is 1.83 bits per heavy atom. The maximum atomic E-state index is 13.7. The second-order valence-electron chi connectivity index (χ2n) is 12.7. The normalized spacial score (nSPS) is 38.4. The molecule has 5 rings (SSSR count). The molecule has 8 atom stereocenters. The van der Waals surface area contributed by atoms with Gasteiger partial charge in [-0.25, -0.2) is 0 Å². The Morgan fingerprint density at radius 1 is 0.829 bits per heavy atom. The van der Waals surface area contributed by atoms with Crippen molar-refractivity contribution in [3.05, 3.63) is 37.0 Å². The van der Waals surface area contributed by atoms with Crippen molar-refractivity contribution in [2.45, 2.75) is 71.4 Å².